The van der Waals surface area contributed by atoms with Crippen molar-refractivity contribution < 1.29 is 19.3 Å². The van der Waals surface area contributed by atoms with E-state index in [0.717, 1.165) is 0 Å². The van der Waals surface area contributed by atoms with Crippen LogP contribution in [0.2, 0.25) is 0 Å². The number of hydrogen-bond donors (Lipinski definition) is 6. The van der Waals surface area contributed by atoms with Crippen molar-refractivity contribution in [3.8, 4) is 0 Å². The summed E-state index contributed by atoms with van der Waals surface area (Å²) in [4.78, 5) is 50.8. The molecule has 9 N–H and O–H groups in total. The lowest BCUT2D eigenvalue weighted by Gasteiger charge is -2.21. The molecule has 0 heterocycles. The number of carbonyl (C=O) groups is 3. The predicted octanol–water partition coefficient (Wildman–Crippen LogP) is -1.08. The highest BCUT2D eigenvalue weighted by atomic mass is 16.6. The number of nitro benzene ring substituents is 1. The lowest BCUT2D eigenvalue weighted by molar-refractivity contribution is -0.384. The molecule has 1 rings (SSSR count). The fourth-order valence-electron chi connectivity index (χ4n) is 2.38. The van der Waals surface area contributed by atoms with E-state index in [4.69, 9.17) is 17.2 Å². The largest absolute Gasteiger partial charge is 0.370 e. The van der Waals surface area contributed by atoms with Crippen LogP contribution < -0.4 is 33.2 Å². The van der Waals surface area contributed by atoms with E-state index in [9.17, 15) is 24.5 Å². The zero-order valence-corrected chi connectivity index (χ0v) is 17.3. The van der Waals surface area contributed by atoms with Crippen molar-refractivity contribution >= 4 is 35.1 Å². The number of nitrogens with one attached hydrogen (secondary N) is 3. The van der Waals surface area contributed by atoms with Gasteiger partial charge in [0, 0.05) is 24.4 Å². The Morgan fingerprint density at radius 2 is 1.68 bits per heavy atom. The average Bonchev–Trinajstić information content (AvgIpc) is 2.69. The van der Waals surface area contributed by atoms with Crippen LogP contribution in [0.4, 0.5) is 11.4 Å². The highest BCUT2D eigenvalue weighted by Gasteiger charge is 2.25. The number of benzene rings is 1. The maximum atomic E-state index is 12.7. The topological polar surface area (TPSA) is 221 Å². The SMILES string of the molecule is C[C@H](NC(=O)[C@@H](C)N)C(=O)N[C@@H](CCCN=C(N)N)C(=O)Nc1ccc([N+](=O)[O-])cc1. The molecule has 1 aromatic carbocycles. The summed E-state index contributed by atoms with van der Waals surface area (Å²) < 4.78 is 0. The van der Waals surface area contributed by atoms with Gasteiger partial charge in [-0.15, -0.1) is 0 Å². The molecule has 0 radical (unpaired) electrons. The summed E-state index contributed by atoms with van der Waals surface area (Å²) in [5.41, 5.74) is 16.2. The maximum Gasteiger partial charge on any atom is 0.269 e. The van der Waals surface area contributed by atoms with E-state index in [2.05, 4.69) is 20.9 Å². The summed E-state index contributed by atoms with van der Waals surface area (Å²) in [7, 11) is 0. The molecule has 0 saturated carbocycles. The first kappa shape index (κ1) is 25.3. The first-order valence-corrected chi connectivity index (χ1v) is 9.48. The number of amides is 3. The Labute approximate surface area is 179 Å². The normalized spacial score (nSPS) is 13.3. The summed E-state index contributed by atoms with van der Waals surface area (Å²) in [6, 6.07) is 2.55. The van der Waals surface area contributed by atoms with Gasteiger partial charge in [0.1, 0.15) is 12.1 Å². The highest BCUT2D eigenvalue weighted by Crippen LogP contribution is 2.16. The third-order valence-electron chi connectivity index (χ3n) is 4.09. The van der Waals surface area contributed by atoms with Crippen LogP contribution in [0.25, 0.3) is 0 Å². The minimum atomic E-state index is -0.966. The number of hydrogen-bond acceptors (Lipinski definition) is 7. The number of guanidine groups is 1. The number of anilines is 1. The van der Waals surface area contributed by atoms with Crippen LogP contribution in [-0.4, -0.2) is 53.3 Å². The Morgan fingerprint density at radius 1 is 1.06 bits per heavy atom. The number of aliphatic imine (C=N–C) groups is 1. The van der Waals surface area contributed by atoms with Crippen LogP contribution in [0, 0.1) is 10.1 Å². The molecule has 13 heteroatoms. The van der Waals surface area contributed by atoms with Gasteiger partial charge >= 0.3 is 0 Å². The van der Waals surface area contributed by atoms with Crippen LogP contribution >= 0.6 is 0 Å². The number of rotatable bonds is 11. The van der Waals surface area contributed by atoms with E-state index in [-0.39, 0.29) is 24.6 Å². The van der Waals surface area contributed by atoms with Crippen molar-refractivity contribution in [3.05, 3.63) is 34.4 Å². The molecule has 0 aliphatic carbocycles. The number of nitro groups is 1. The predicted molar refractivity (Wildman–Crippen MR) is 115 cm³/mol. The molecular formula is C18H28N8O5. The zero-order valence-electron chi connectivity index (χ0n) is 17.3. The molecule has 1 aromatic rings. The first-order chi connectivity index (χ1) is 14.5. The fourth-order valence-corrected chi connectivity index (χ4v) is 2.38. The molecule has 170 valence electrons. The van der Waals surface area contributed by atoms with Crippen molar-refractivity contribution in [3.63, 3.8) is 0 Å². The number of carbonyl (C=O) groups excluding carboxylic acids is 3. The molecule has 3 atom stereocenters. The average molecular weight is 436 g/mol. The maximum absolute atomic E-state index is 12.7. The summed E-state index contributed by atoms with van der Waals surface area (Å²) in [5, 5.41) is 18.4. The van der Waals surface area contributed by atoms with E-state index in [1.165, 1.54) is 38.1 Å². The van der Waals surface area contributed by atoms with Crippen LogP contribution in [0.3, 0.4) is 0 Å². The van der Waals surface area contributed by atoms with Gasteiger partial charge in [0.05, 0.1) is 11.0 Å². The lowest BCUT2D eigenvalue weighted by atomic mass is 10.1. The van der Waals surface area contributed by atoms with Crippen LogP contribution in [-0.2, 0) is 14.4 Å². The molecule has 3 amide bonds. The fraction of sp³-hybridized carbons (Fsp3) is 0.444. The Kier molecular flexibility index (Phi) is 9.85. The molecular weight excluding hydrogens is 408 g/mol. The summed E-state index contributed by atoms with van der Waals surface area (Å²) in [6.07, 6.45) is 0.590. The van der Waals surface area contributed by atoms with Gasteiger partial charge in [-0.1, -0.05) is 0 Å². The van der Waals surface area contributed by atoms with Gasteiger partial charge in [-0.2, -0.15) is 0 Å². The van der Waals surface area contributed by atoms with Gasteiger partial charge in [-0.25, -0.2) is 0 Å². The summed E-state index contributed by atoms with van der Waals surface area (Å²) in [6.45, 7) is 3.18. The zero-order chi connectivity index (χ0) is 23.6. The van der Waals surface area contributed by atoms with E-state index in [1.54, 1.807) is 0 Å². The molecule has 13 nitrogen and oxygen atoms in total. The second kappa shape index (κ2) is 12.1. The molecule has 31 heavy (non-hydrogen) atoms. The van der Waals surface area contributed by atoms with Gasteiger partial charge < -0.3 is 33.2 Å². The Morgan fingerprint density at radius 3 is 2.19 bits per heavy atom. The van der Waals surface area contributed by atoms with E-state index >= 15 is 0 Å². The van der Waals surface area contributed by atoms with Gasteiger partial charge in [-0.05, 0) is 38.8 Å². The standard InChI is InChI=1S/C18H28N8O5/c1-10(19)15(27)23-11(2)16(28)25-14(4-3-9-22-18(20)21)17(29)24-12-5-7-13(8-6-12)26(30)31/h5-8,10-11,14H,3-4,9,19H2,1-2H3,(H,23,27)(H,24,29)(H,25,28)(H4,20,21,22)/t10-,11+,14+/m1/s1. The molecule has 0 bridgehead atoms. The molecule has 0 aromatic heterocycles. The smallest absolute Gasteiger partial charge is 0.269 e. The molecule has 0 aliphatic heterocycles. The number of nitrogens with zero attached hydrogens (tertiary/aromatic N) is 2. The van der Waals surface area contributed by atoms with Crippen LogP contribution in [0.5, 0.6) is 0 Å². The molecule has 0 aliphatic rings. The van der Waals surface area contributed by atoms with Crippen molar-refractivity contribution in [2.45, 2.75) is 44.8 Å². The number of non-ortho nitro benzene ring substituents is 1. The lowest BCUT2D eigenvalue weighted by Crippen LogP contribution is -2.53. The first-order valence-electron chi connectivity index (χ1n) is 9.48. The third-order valence-corrected chi connectivity index (χ3v) is 4.09. The van der Waals surface area contributed by atoms with E-state index in [0.29, 0.717) is 12.1 Å². The van der Waals surface area contributed by atoms with E-state index < -0.39 is 40.8 Å². The second-order valence-corrected chi connectivity index (χ2v) is 6.82. The Hall–Kier alpha value is -3.74. The molecule has 0 unspecified atom stereocenters. The second-order valence-electron chi connectivity index (χ2n) is 6.82. The molecule has 0 fully saturated rings. The quantitative estimate of drug-likeness (QED) is 0.0821. The van der Waals surface area contributed by atoms with Gasteiger partial charge in [-0.3, -0.25) is 29.5 Å². The van der Waals surface area contributed by atoms with Crippen molar-refractivity contribution in [2.75, 3.05) is 11.9 Å². The van der Waals surface area contributed by atoms with Gasteiger partial charge in [0.25, 0.3) is 5.69 Å². The molecule has 0 spiro atoms. The van der Waals surface area contributed by atoms with Crippen LogP contribution in [0.15, 0.2) is 29.3 Å². The van der Waals surface area contributed by atoms with Crippen molar-refractivity contribution in [1.82, 2.24) is 10.6 Å². The van der Waals surface area contributed by atoms with Crippen molar-refractivity contribution in [2.24, 2.45) is 22.2 Å². The Balaban J connectivity index is 2.84. The molecule has 0 saturated heterocycles. The Bertz CT molecular complexity index is 821. The minimum Gasteiger partial charge on any atom is -0.370 e. The highest BCUT2D eigenvalue weighted by molar-refractivity contribution is 5.98. The monoisotopic (exact) mass is 436 g/mol. The summed E-state index contributed by atoms with van der Waals surface area (Å²) in [5.74, 6) is -1.73. The van der Waals surface area contributed by atoms with Gasteiger partial charge in [0.2, 0.25) is 17.7 Å². The van der Waals surface area contributed by atoms with E-state index in [1.807, 2.05) is 0 Å². The minimum absolute atomic E-state index is 0.0943. The van der Waals surface area contributed by atoms with Gasteiger partial charge in [0.15, 0.2) is 5.96 Å². The number of nitrogens with two attached hydrogens (primary N) is 3. The summed E-state index contributed by atoms with van der Waals surface area (Å²) >= 11 is 0. The van der Waals surface area contributed by atoms with Crippen LogP contribution in [0.1, 0.15) is 26.7 Å². The van der Waals surface area contributed by atoms with Crippen molar-refractivity contribution in [1.29, 1.82) is 0 Å². The third kappa shape index (κ3) is 9.08.